The Morgan fingerprint density at radius 2 is 1.55 bits per heavy atom. The summed E-state index contributed by atoms with van der Waals surface area (Å²) in [4.78, 5) is 26.9. The molecule has 2 aromatic carbocycles. The molecule has 0 aliphatic heterocycles. The lowest BCUT2D eigenvalue weighted by Gasteiger charge is -2.29. The number of amides is 3. The molecule has 3 amide bonds. The first-order valence-electron chi connectivity index (χ1n) is 9.93. The average Bonchev–Trinajstić information content (AvgIpc) is 2.80. The average molecular weight is 581 g/mol. The summed E-state index contributed by atoms with van der Waals surface area (Å²) in [5.74, 6) is -5.03. The van der Waals surface area contributed by atoms with Crippen molar-refractivity contribution < 1.29 is 63.7 Å². The van der Waals surface area contributed by atoms with E-state index in [1.807, 2.05) is 0 Å². The van der Waals surface area contributed by atoms with E-state index in [9.17, 15) is 44.7 Å². The Bertz CT molecular complexity index is 1130. The lowest BCUT2D eigenvalue weighted by atomic mass is 10.1. The molecule has 0 fully saturated rings. The number of halogens is 9. The van der Waals surface area contributed by atoms with Crippen molar-refractivity contribution in [2.45, 2.75) is 18.8 Å². The lowest BCUT2D eigenvalue weighted by molar-refractivity contribution is -0.411. The molecule has 0 radical (unpaired) electrons. The number of anilines is 1. The number of hydrogen-bond acceptors (Lipinski definition) is 6. The molecule has 1 atom stereocenters. The molecular formula is C21H17ClF8N2O6. The Kier molecular flexibility index (Phi) is 10.2. The van der Waals surface area contributed by atoms with Crippen LogP contribution in [-0.2, 0) is 14.2 Å². The molecule has 38 heavy (non-hydrogen) atoms. The summed E-state index contributed by atoms with van der Waals surface area (Å²) in [6.45, 7) is -1.44. The maximum atomic E-state index is 14.1. The van der Waals surface area contributed by atoms with Gasteiger partial charge in [-0.05, 0) is 30.3 Å². The zero-order chi connectivity index (χ0) is 28.8. The minimum absolute atomic E-state index is 0.274. The minimum Gasteiger partial charge on any atom is -0.427 e. The van der Waals surface area contributed by atoms with Crippen LogP contribution in [0.2, 0.25) is 5.02 Å². The summed E-state index contributed by atoms with van der Waals surface area (Å²) in [5.41, 5.74) is -1.36. The van der Waals surface area contributed by atoms with Gasteiger partial charge in [0.1, 0.15) is 36.4 Å². The number of benzene rings is 2. The first kappa shape index (κ1) is 31.0. The van der Waals surface area contributed by atoms with Crippen LogP contribution in [0.3, 0.4) is 0 Å². The molecule has 0 N–H and O–H groups in total. The SMILES string of the molecule is COCN(C(=O)c1c(F)cccc1F)C(=O)N(COC)c1ccc(OC(F)(F)C(F)OC(F)(F)F)c(Cl)c1. The van der Waals surface area contributed by atoms with Crippen LogP contribution < -0.4 is 9.64 Å². The van der Waals surface area contributed by atoms with Crippen LogP contribution in [0.1, 0.15) is 10.4 Å². The fourth-order valence-corrected chi connectivity index (χ4v) is 3.01. The van der Waals surface area contributed by atoms with E-state index in [1.54, 1.807) is 0 Å². The number of nitrogens with zero attached hydrogens (tertiary/aromatic N) is 2. The number of methoxy groups -OCH3 is 2. The van der Waals surface area contributed by atoms with Crippen LogP contribution in [0.15, 0.2) is 36.4 Å². The number of carbonyl (C=O) groups is 2. The van der Waals surface area contributed by atoms with Crippen molar-refractivity contribution in [1.82, 2.24) is 4.90 Å². The highest BCUT2D eigenvalue weighted by molar-refractivity contribution is 6.32. The largest absolute Gasteiger partial charge is 0.525 e. The van der Waals surface area contributed by atoms with Gasteiger partial charge >= 0.3 is 24.9 Å². The molecule has 0 heterocycles. The highest BCUT2D eigenvalue weighted by Gasteiger charge is 2.51. The monoisotopic (exact) mass is 580 g/mol. The topological polar surface area (TPSA) is 77.5 Å². The summed E-state index contributed by atoms with van der Waals surface area (Å²) < 4.78 is 122. The second-order valence-corrected chi connectivity index (χ2v) is 7.44. The Morgan fingerprint density at radius 3 is 2.05 bits per heavy atom. The predicted octanol–water partition coefficient (Wildman–Crippen LogP) is 5.70. The molecule has 0 spiro atoms. The molecule has 17 heteroatoms. The Balaban J connectivity index is 2.38. The fourth-order valence-electron chi connectivity index (χ4n) is 2.80. The van der Waals surface area contributed by atoms with Gasteiger partial charge in [0.2, 0.25) is 0 Å². The minimum atomic E-state index is -5.74. The maximum Gasteiger partial charge on any atom is 0.525 e. The Labute approximate surface area is 214 Å². The van der Waals surface area contributed by atoms with Gasteiger partial charge in [0.05, 0.1) is 5.02 Å². The van der Waals surface area contributed by atoms with Crippen molar-refractivity contribution in [3.05, 3.63) is 58.6 Å². The van der Waals surface area contributed by atoms with E-state index >= 15 is 0 Å². The van der Waals surface area contributed by atoms with Crippen LogP contribution in [0.4, 0.5) is 45.6 Å². The highest BCUT2D eigenvalue weighted by Crippen LogP contribution is 2.37. The van der Waals surface area contributed by atoms with Crippen molar-refractivity contribution in [2.24, 2.45) is 0 Å². The van der Waals surface area contributed by atoms with E-state index in [0.29, 0.717) is 11.0 Å². The summed E-state index contributed by atoms with van der Waals surface area (Å²) in [6, 6.07) is 3.53. The highest BCUT2D eigenvalue weighted by atomic mass is 35.5. The summed E-state index contributed by atoms with van der Waals surface area (Å²) in [5, 5.41) is -0.750. The molecule has 0 aliphatic rings. The van der Waals surface area contributed by atoms with E-state index in [2.05, 4.69) is 9.47 Å². The van der Waals surface area contributed by atoms with Gasteiger partial charge < -0.3 is 14.2 Å². The van der Waals surface area contributed by atoms with E-state index in [-0.39, 0.29) is 10.6 Å². The molecular weight excluding hydrogens is 564 g/mol. The van der Waals surface area contributed by atoms with Crippen LogP contribution in [0, 0.1) is 11.6 Å². The Morgan fingerprint density at radius 1 is 0.974 bits per heavy atom. The second-order valence-electron chi connectivity index (χ2n) is 7.03. The number of rotatable bonds is 10. The van der Waals surface area contributed by atoms with Crippen LogP contribution in [-0.4, -0.2) is 63.3 Å². The van der Waals surface area contributed by atoms with Gasteiger partial charge in [-0.25, -0.2) is 27.6 Å². The summed E-state index contributed by atoms with van der Waals surface area (Å²) in [6.07, 6.45) is -15.1. The van der Waals surface area contributed by atoms with Crippen molar-refractivity contribution in [3.8, 4) is 5.75 Å². The third kappa shape index (κ3) is 7.66. The van der Waals surface area contributed by atoms with Gasteiger partial charge in [-0.15, -0.1) is 13.2 Å². The van der Waals surface area contributed by atoms with E-state index in [4.69, 9.17) is 21.1 Å². The van der Waals surface area contributed by atoms with Gasteiger partial charge in [-0.2, -0.15) is 8.78 Å². The summed E-state index contributed by atoms with van der Waals surface area (Å²) >= 11 is 5.84. The van der Waals surface area contributed by atoms with Crippen molar-refractivity contribution in [2.75, 3.05) is 32.6 Å². The Hall–Kier alpha value is -3.21. The number of alkyl halides is 6. The molecule has 0 saturated heterocycles. The quantitative estimate of drug-likeness (QED) is 0.265. The predicted molar refractivity (Wildman–Crippen MR) is 113 cm³/mol. The van der Waals surface area contributed by atoms with Gasteiger partial charge in [-0.3, -0.25) is 9.69 Å². The number of carbonyl (C=O) groups excluding carboxylic acids is 2. The molecule has 0 aliphatic carbocycles. The molecule has 0 bridgehead atoms. The van der Waals surface area contributed by atoms with Crippen LogP contribution in [0.5, 0.6) is 5.75 Å². The smallest absolute Gasteiger partial charge is 0.427 e. The third-order valence-corrected chi connectivity index (χ3v) is 4.67. The molecule has 2 aromatic rings. The summed E-state index contributed by atoms with van der Waals surface area (Å²) in [7, 11) is 2.18. The normalized spacial score (nSPS) is 12.7. The zero-order valence-electron chi connectivity index (χ0n) is 19.2. The van der Waals surface area contributed by atoms with Crippen LogP contribution >= 0.6 is 11.6 Å². The first-order valence-corrected chi connectivity index (χ1v) is 10.3. The standard InChI is InChI=1S/C21H17ClF8N2O6/c1-35-9-31(19(34)32(10-36-2)17(33)16-13(23)4-3-5-14(16)24)11-6-7-15(12(22)8-11)37-20(26,27)18(25)38-21(28,29)30/h3-8,18H,9-10H2,1-2H3. The molecule has 1 unspecified atom stereocenters. The first-order chi connectivity index (χ1) is 17.6. The van der Waals surface area contributed by atoms with Gasteiger partial charge in [0.15, 0.2) is 0 Å². The maximum absolute atomic E-state index is 14.1. The van der Waals surface area contributed by atoms with Gasteiger partial charge in [0.25, 0.3) is 5.91 Å². The van der Waals surface area contributed by atoms with Gasteiger partial charge in [-0.1, -0.05) is 17.7 Å². The van der Waals surface area contributed by atoms with Gasteiger partial charge in [0, 0.05) is 19.9 Å². The molecule has 2 rings (SSSR count). The molecule has 0 aromatic heterocycles. The number of urea groups is 1. The van der Waals surface area contributed by atoms with Crippen molar-refractivity contribution in [1.29, 1.82) is 0 Å². The van der Waals surface area contributed by atoms with E-state index in [1.165, 1.54) is 0 Å². The number of ether oxygens (including phenoxy) is 4. The number of hydrogen-bond donors (Lipinski definition) is 0. The van der Waals surface area contributed by atoms with Crippen molar-refractivity contribution >= 4 is 29.2 Å². The molecule has 0 saturated carbocycles. The lowest BCUT2D eigenvalue weighted by Crippen LogP contribution is -2.48. The fraction of sp³-hybridized carbons (Fsp3) is 0.333. The van der Waals surface area contributed by atoms with Crippen LogP contribution in [0.25, 0.3) is 0 Å². The van der Waals surface area contributed by atoms with Crippen molar-refractivity contribution in [3.63, 3.8) is 0 Å². The zero-order valence-corrected chi connectivity index (χ0v) is 20.0. The molecule has 210 valence electrons. The van der Waals surface area contributed by atoms with E-state index < -0.39 is 72.2 Å². The number of imide groups is 1. The molecule has 8 nitrogen and oxygen atoms in total. The third-order valence-electron chi connectivity index (χ3n) is 4.37. The second kappa shape index (κ2) is 12.6. The van der Waals surface area contributed by atoms with E-state index in [0.717, 1.165) is 44.6 Å².